The summed E-state index contributed by atoms with van der Waals surface area (Å²) < 4.78 is 0. The molecule has 1 N–H and O–H groups in total. The van der Waals surface area contributed by atoms with Crippen LogP contribution in [0.4, 0.5) is 0 Å². The third-order valence-corrected chi connectivity index (χ3v) is 6.58. The van der Waals surface area contributed by atoms with Crippen molar-refractivity contribution < 1.29 is 4.79 Å². The van der Waals surface area contributed by atoms with E-state index in [4.69, 9.17) is 23.2 Å². The molecule has 1 atom stereocenters. The van der Waals surface area contributed by atoms with Gasteiger partial charge in [0.15, 0.2) is 0 Å². The van der Waals surface area contributed by atoms with Gasteiger partial charge in [-0.1, -0.05) is 72.9 Å². The number of fused-ring (bicyclic) bond motifs is 2. The number of carbonyl (C=O) groups is 1. The van der Waals surface area contributed by atoms with Gasteiger partial charge in [0.05, 0.1) is 16.8 Å². The third kappa shape index (κ3) is 3.33. The van der Waals surface area contributed by atoms with E-state index in [1.165, 1.54) is 0 Å². The maximum Gasteiger partial charge on any atom is 0.255 e. The summed E-state index contributed by atoms with van der Waals surface area (Å²) in [6.07, 6.45) is 1.98. The fourth-order valence-electron chi connectivity index (χ4n) is 4.59. The molecule has 0 fully saturated rings. The Morgan fingerprint density at radius 1 is 0.968 bits per heavy atom. The molecule has 4 aromatic rings. The van der Waals surface area contributed by atoms with E-state index in [1.807, 2.05) is 47.4 Å². The van der Waals surface area contributed by atoms with Crippen molar-refractivity contribution in [2.75, 3.05) is 6.54 Å². The van der Waals surface area contributed by atoms with Crippen molar-refractivity contribution in [3.05, 3.63) is 93.5 Å². The van der Waals surface area contributed by atoms with Gasteiger partial charge in [-0.05, 0) is 42.3 Å². The van der Waals surface area contributed by atoms with Crippen LogP contribution in [0, 0.1) is 0 Å². The van der Waals surface area contributed by atoms with E-state index in [2.05, 4.69) is 30.1 Å². The smallest absolute Gasteiger partial charge is 0.255 e. The van der Waals surface area contributed by atoms with Crippen LogP contribution in [0.5, 0.6) is 0 Å². The van der Waals surface area contributed by atoms with Gasteiger partial charge >= 0.3 is 0 Å². The second kappa shape index (κ2) is 8.07. The number of nitrogens with zero attached hydrogens (tertiary/aromatic N) is 1. The van der Waals surface area contributed by atoms with Gasteiger partial charge in [-0.25, -0.2) is 0 Å². The molecule has 31 heavy (non-hydrogen) atoms. The zero-order valence-corrected chi connectivity index (χ0v) is 18.7. The zero-order chi connectivity index (χ0) is 21.5. The van der Waals surface area contributed by atoms with Gasteiger partial charge in [-0.3, -0.25) is 4.79 Å². The van der Waals surface area contributed by atoms with Crippen LogP contribution in [0.1, 0.15) is 47.3 Å². The average molecular weight is 449 g/mol. The van der Waals surface area contributed by atoms with Crippen molar-refractivity contribution >= 4 is 40.0 Å². The molecule has 3 aromatic carbocycles. The van der Waals surface area contributed by atoms with Crippen LogP contribution in [0.25, 0.3) is 22.2 Å². The van der Waals surface area contributed by atoms with Crippen molar-refractivity contribution in [1.29, 1.82) is 0 Å². The first-order chi connectivity index (χ1) is 15.1. The highest BCUT2D eigenvalue weighted by Crippen LogP contribution is 2.46. The number of H-pyrrole nitrogens is 1. The quantitative estimate of drug-likeness (QED) is 0.337. The standard InChI is InChI=1S/C26H22Cl2N2O/c1-2-3-14-30-25(17-8-4-5-9-18(17)26(30)31)23-20-10-6-7-11-22(20)29-24(23)19-13-12-16(27)15-21(19)28/h4-13,15,25,29H,2-3,14H2,1H3/t25-/m1/s1. The number of aromatic nitrogens is 1. The number of rotatable bonds is 5. The number of halogens is 2. The fourth-order valence-corrected chi connectivity index (χ4v) is 5.10. The summed E-state index contributed by atoms with van der Waals surface area (Å²) in [6, 6.07) is 21.5. The van der Waals surface area contributed by atoms with Gasteiger partial charge in [0, 0.05) is 39.2 Å². The molecule has 1 aliphatic rings. The van der Waals surface area contributed by atoms with Crippen LogP contribution in [0.15, 0.2) is 66.7 Å². The number of benzene rings is 3. The Labute approximate surface area is 191 Å². The summed E-state index contributed by atoms with van der Waals surface area (Å²) in [7, 11) is 0. The van der Waals surface area contributed by atoms with Crippen LogP contribution in [0.2, 0.25) is 10.0 Å². The van der Waals surface area contributed by atoms with Crippen LogP contribution in [-0.4, -0.2) is 22.3 Å². The highest BCUT2D eigenvalue weighted by Gasteiger charge is 2.39. The average Bonchev–Trinajstić information content (AvgIpc) is 3.27. The maximum absolute atomic E-state index is 13.4. The van der Waals surface area contributed by atoms with Crippen molar-refractivity contribution in [3.63, 3.8) is 0 Å². The topological polar surface area (TPSA) is 36.1 Å². The molecule has 5 rings (SSSR count). The van der Waals surface area contributed by atoms with Gasteiger partial charge in [-0.2, -0.15) is 0 Å². The number of hydrogen-bond acceptors (Lipinski definition) is 1. The Bertz CT molecular complexity index is 1290. The lowest BCUT2D eigenvalue weighted by atomic mass is 9.93. The number of amides is 1. The molecule has 0 aliphatic carbocycles. The van der Waals surface area contributed by atoms with Crippen LogP contribution in [0.3, 0.4) is 0 Å². The normalized spacial score (nSPS) is 15.6. The number of aromatic amines is 1. The van der Waals surface area contributed by atoms with E-state index in [0.717, 1.165) is 51.7 Å². The third-order valence-electron chi connectivity index (χ3n) is 6.03. The fraction of sp³-hybridized carbons (Fsp3) is 0.192. The summed E-state index contributed by atoms with van der Waals surface area (Å²) in [4.78, 5) is 19.0. The summed E-state index contributed by atoms with van der Waals surface area (Å²) in [5, 5.41) is 2.27. The highest BCUT2D eigenvalue weighted by molar-refractivity contribution is 6.36. The molecule has 0 saturated carbocycles. The molecule has 156 valence electrons. The minimum absolute atomic E-state index is 0.0903. The van der Waals surface area contributed by atoms with E-state index in [0.29, 0.717) is 16.6 Å². The maximum atomic E-state index is 13.4. The first kappa shape index (κ1) is 20.2. The Morgan fingerprint density at radius 3 is 2.55 bits per heavy atom. The van der Waals surface area contributed by atoms with E-state index in [-0.39, 0.29) is 11.9 Å². The summed E-state index contributed by atoms with van der Waals surface area (Å²) >= 11 is 12.8. The number of carbonyl (C=O) groups excluding carboxylic acids is 1. The highest BCUT2D eigenvalue weighted by atomic mass is 35.5. The lowest BCUT2D eigenvalue weighted by Crippen LogP contribution is -2.30. The minimum Gasteiger partial charge on any atom is -0.354 e. The SMILES string of the molecule is CCCCN1C(=O)c2ccccc2[C@@H]1c1c(-c2ccc(Cl)cc2Cl)[nH]c2ccccc12. The van der Waals surface area contributed by atoms with E-state index in [1.54, 1.807) is 6.07 Å². The van der Waals surface area contributed by atoms with Crippen molar-refractivity contribution in [2.45, 2.75) is 25.8 Å². The van der Waals surface area contributed by atoms with Crippen molar-refractivity contribution in [3.8, 4) is 11.3 Å². The minimum atomic E-state index is -0.173. The Kier molecular flexibility index (Phi) is 5.25. The molecule has 1 aromatic heterocycles. The summed E-state index contributed by atoms with van der Waals surface area (Å²) in [6.45, 7) is 2.86. The summed E-state index contributed by atoms with van der Waals surface area (Å²) in [5.41, 5.74) is 5.73. The molecule has 5 heteroatoms. The summed E-state index contributed by atoms with van der Waals surface area (Å²) in [5.74, 6) is 0.0903. The molecule has 0 spiro atoms. The van der Waals surface area contributed by atoms with Crippen LogP contribution >= 0.6 is 23.2 Å². The van der Waals surface area contributed by atoms with E-state index < -0.39 is 0 Å². The predicted octanol–water partition coefficient (Wildman–Crippen LogP) is 7.49. The molecular formula is C26H22Cl2N2O. The van der Waals surface area contributed by atoms with Gasteiger partial charge in [0.2, 0.25) is 0 Å². The number of unbranched alkanes of at least 4 members (excludes halogenated alkanes) is 1. The number of nitrogens with one attached hydrogen (secondary N) is 1. The lowest BCUT2D eigenvalue weighted by Gasteiger charge is -2.26. The molecule has 0 saturated heterocycles. The monoisotopic (exact) mass is 448 g/mol. The Morgan fingerprint density at radius 2 is 1.74 bits per heavy atom. The molecule has 0 radical (unpaired) electrons. The Hall–Kier alpha value is -2.75. The van der Waals surface area contributed by atoms with Gasteiger partial charge in [-0.15, -0.1) is 0 Å². The first-order valence-corrected chi connectivity index (χ1v) is 11.3. The van der Waals surface area contributed by atoms with Crippen LogP contribution in [-0.2, 0) is 0 Å². The number of hydrogen-bond donors (Lipinski definition) is 1. The predicted molar refractivity (Wildman–Crippen MR) is 128 cm³/mol. The molecule has 2 heterocycles. The molecule has 0 bridgehead atoms. The van der Waals surface area contributed by atoms with Gasteiger partial charge in [0.25, 0.3) is 5.91 Å². The Balaban J connectivity index is 1.80. The largest absolute Gasteiger partial charge is 0.354 e. The second-order valence-electron chi connectivity index (χ2n) is 7.93. The van der Waals surface area contributed by atoms with Crippen molar-refractivity contribution in [2.24, 2.45) is 0 Å². The zero-order valence-electron chi connectivity index (χ0n) is 17.2. The van der Waals surface area contributed by atoms with Gasteiger partial charge in [0.1, 0.15) is 0 Å². The van der Waals surface area contributed by atoms with Gasteiger partial charge < -0.3 is 9.88 Å². The molecule has 0 unspecified atom stereocenters. The molecule has 3 nitrogen and oxygen atoms in total. The van der Waals surface area contributed by atoms with Crippen molar-refractivity contribution in [1.82, 2.24) is 9.88 Å². The van der Waals surface area contributed by atoms with E-state index in [9.17, 15) is 4.79 Å². The molecular weight excluding hydrogens is 427 g/mol. The first-order valence-electron chi connectivity index (χ1n) is 10.6. The lowest BCUT2D eigenvalue weighted by molar-refractivity contribution is 0.0748. The van der Waals surface area contributed by atoms with E-state index >= 15 is 0 Å². The molecule has 1 amide bonds. The number of para-hydroxylation sites is 1. The van der Waals surface area contributed by atoms with Crippen LogP contribution < -0.4 is 0 Å². The second-order valence-corrected chi connectivity index (χ2v) is 8.77. The molecule has 1 aliphatic heterocycles.